The van der Waals surface area contributed by atoms with Gasteiger partial charge in [0, 0.05) is 18.0 Å². The first kappa shape index (κ1) is 14.4. The highest BCUT2D eigenvalue weighted by atomic mass is 79.9. The molecular formula is C12H20BrN3O. The summed E-state index contributed by atoms with van der Waals surface area (Å²) in [6.07, 6.45) is 0. The van der Waals surface area contributed by atoms with Crippen LogP contribution in [0.15, 0.2) is 10.7 Å². The molecule has 0 spiro atoms. The lowest BCUT2D eigenvalue weighted by atomic mass is 9.96. The quantitative estimate of drug-likeness (QED) is 0.843. The van der Waals surface area contributed by atoms with E-state index in [1.54, 1.807) is 19.9 Å². The van der Waals surface area contributed by atoms with Gasteiger partial charge in [0.1, 0.15) is 16.2 Å². The first-order valence-electron chi connectivity index (χ1n) is 5.59. The highest BCUT2D eigenvalue weighted by Crippen LogP contribution is 2.22. The third-order valence-electron chi connectivity index (χ3n) is 2.07. The molecule has 0 fully saturated rings. The zero-order valence-corrected chi connectivity index (χ0v) is 12.6. The van der Waals surface area contributed by atoms with Gasteiger partial charge in [-0.15, -0.1) is 0 Å². The van der Waals surface area contributed by atoms with Crippen LogP contribution in [0.1, 0.15) is 40.4 Å². The van der Waals surface area contributed by atoms with Crippen molar-refractivity contribution in [3.05, 3.63) is 16.5 Å². The number of anilines is 1. The molecule has 4 nitrogen and oxygen atoms in total. The lowest BCUT2D eigenvalue weighted by Gasteiger charge is -2.20. The standard InChI is InChI=1S/C12H20BrN3O/c1-11(2,3)10-15-8(13)6-9(16-10)14-7-12(4,5)17/h6,17H,7H2,1-5H3,(H,14,15,16). The van der Waals surface area contributed by atoms with Crippen LogP contribution in [-0.2, 0) is 5.41 Å². The predicted octanol–water partition coefficient (Wildman–Crippen LogP) is 2.72. The van der Waals surface area contributed by atoms with Gasteiger partial charge in [0.15, 0.2) is 0 Å². The maximum atomic E-state index is 9.66. The van der Waals surface area contributed by atoms with Gasteiger partial charge in [-0.1, -0.05) is 20.8 Å². The molecule has 0 amide bonds. The molecule has 0 aliphatic rings. The lowest BCUT2D eigenvalue weighted by Crippen LogP contribution is -2.30. The molecule has 0 saturated carbocycles. The number of rotatable bonds is 3. The Morgan fingerprint density at radius 3 is 2.29 bits per heavy atom. The summed E-state index contributed by atoms with van der Waals surface area (Å²) >= 11 is 3.37. The van der Waals surface area contributed by atoms with Crippen molar-refractivity contribution in [2.24, 2.45) is 0 Å². The Kier molecular flexibility index (Phi) is 4.15. The third kappa shape index (κ3) is 5.00. The maximum absolute atomic E-state index is 9.66. The number of aromatic nitrogens is 2. The molecule has 17 heavy (non-hydrogen) atoms. The summed E-state index contributed by atoms with van der Waals surface area (Å²) in [4.78, 5) is 8.80. The summed E-state index contributed by atoms with van der Waals surface area (Å²) in [6.45, 7) is 10.1. The van der Waals surface area contributed by atoms with E-state index in [9.17, 15) is 5.11 Å². The molecule has 0 aliphatic carbocycles. The highest BCUT2D eigenvalue weighted by molar-refractivity contribution is 9.10. The minimum atomic E-state index is -0.765. The third-order valence-corrected chi connectivity index (χ3v) is 2.47. The van der Waals surface area contributed by atoms with Crippen LogP contribution >= 0.6 is 15.9 Å². The second kappa shape index (κ2) is 4.90. The second-order valence-corrected chi connectivity index (χ2v) is 6.63. The van der Waals surface area contributed by atoms with Crippen molar-refractivity contribution >= 4 is 21.7 Å². The molecule has 0 saturated heterocycles. The smallest absolute Gasteiger partial charge is 0.137 e. The molecule has 96 valence electrons. The summed E-state index contributed by atoms with van der Waals surface area (Å²) in [5, 5.41) is 12.8. The molecule has 5 heteroatoms. The summed E-state index contributed by atoms with van der Waals surface area (Å²) in [5.41, 5.74) is -0.867. The summed E-state index contributed by atoms with van der Waals surface area (Å²) in [6, 6.07) is 1.81. The van der Waals surface area contributed by atoms with E-state index in [0.29, 0.717) is 6.54 Å². The molecule has 1 rings (SSSR count). The van der Waals surface area contributed by atoms with Crippen LogP contribution in [0.2, 0.25) is 0 Å². The SMILES string of the molecule is CC(C)(O)CNc1cc(Br)nc(C(C)(C)C)n1. The molecule has 0 bridgehead atoms. The van der Waals surface area contributed by atoms with Crippen LogP contribution in [0, 0.1) is 0 Å². The Labute approximate surface area is 111 Å². The molecule has 0 aromatic carbocycles. The lowest BCUT2D eigenvalue weighted by molar-refractivity contribution is 0.0944. The largest absolute Gasteiger partial charge is 0.389 e. The van der Waals surface area contributed by atoms with Crippen molar-refractivity contribution in [3.63, 3.8) is 0 Å². The highest BCUT2D eigenvalue weighted by Gasteiger charge is 2.19. The van der Waals surface area contributed by atoms with Crippen molar-refractivity contribution < 1.29 is 5.11 Å². The Bertz CT molecular complexity index is 394. The number of hydrogen-bond donors (Lipinski definition) is 2. The second-order valence-electron chi connectivity index (χ2n) is 5.82. The monoisotopic (exact) mass is 301 g/mol. The van der Waals surface area contributed by atoms with Crippen molar-refractivity contribution in [2.45, 2.75) is 45.6 Å². The molecule has 0 aliphatic heterocycles. The summed E-state index contributed by atoms with van der Waals surface area (Å²) < 4.78 is 0.746. The van der Waals surface area contributed by atoms with Crippen LogP contribution in [-0.4, -0.2) is 27.2 Å². The van der Waals surface area contributed by atoms with Gasteiger partial charge in [0.25, 0.3) is 0 Å². The molecular weight excluding hydrogens is 282 g/mol. The average Bonchev–Trinajstić information content (AvgIpc) is 2.11. The van der Waals surface area contributed by atoms with E-state index in [1.165, 1.54) is 0 Å². The van der Waals surface area contributed by atoms with Crippen LogP contribution in [0.4, 0.5) is 5.82 Å². The molecule has 0 unspecified atom stereocenters. The van der Waals surface area contributed by atoms with Crippen molar-refractivity contribution in [1.82, 2.24) is 9.97 Å². The van der Waals surface area contributed by atoms with Crippen LogP contribution in [0.25, 0.3) is 0 Å². The molecule has 0 atom stereocenters. The number of halogens is 1. The van der Waals surface area contributed by atoms with E-state index in [4.69, 9.17) is 0 Å². The molecule has 2 N–H and O–H groups in total. The summed E-state index contributed by atoms with van der Waals surface area (Å²) in [5.74, 6) is 1.49. The van der Waals surface area contributed by atoms with Gasteiger partial charge in [-0.25, -0.2) is 9.97 Å². The Balaban J connectivity index is 2.91. The van der Waals surface area contributed by atoms with E-state index in [0.717, 1.165) is 16.2 Å². The van der Waals surface area contributed by atoms with Crippen LogP contribution in [0.3, 0.4) is 0 Å². The van der Waals surface area contributed by atoms with E-state index >= 15 is 0 Å². The van der Waals surface area contributed by atoms with Crippen molar-refractivity contribution in [1.29, 1.82) is 0 Å². The Hall–Kier alpha value is -0.680. The Morgan fingerprint density at radius 1 is 1.24 bits per heavy atom. The fraction of sp³-hybridized carbons (Fsp3) is 0.667. The Morgan fingerprint density at radius 2 is 1.82 bits per heavy atom. The van der Waals surface area contributed by atoms with Crippen molar-refractivity contribution in [2.75, 3.05) is 11.9 Å². The van der Waals surface area contributed by atoms with E-state index in [-0.39, 0.29) is 5.41 Å². The normalized spacial score (nSPS) is 12.6. The van der Waals surface area contributed by atoms with Crippen LogP contribution in [0.5, 0.6) is 0 Å². The van der Waals surface area contributed by atoms with E-state index in [1.807, 2.05) is 0 Å². The fourth-order valence-electron chi connectivity index (χ4n) is 1.15. The predicted molar refractivity (Wildman–Crippen MR) is 73.2 cm³/mol. The topological polar surface area (TPSA) is 58.0 Å². The number of nitrogens with one attached hydrogen (secondary N) is 1. The number of hydrogen-bond acceptors (Lipinski definition) is 4. The fourth-order valence-corrected chi connectivity index (χ4v) is 1.54. The zero-order chi connectivity index (χ0) is 13.3. The molecule has 0 radical (unpaired) electrons. The van der Waals surface area contributed by atoms with Gasteiger partial charge in [-0.2, -0.15) is 0 Å². The van der Waals surface area contributed by atoms with Gasteiger partial charge < -0.3 is 10.4 Å². The van der Waals surface area contributed by atoms with E-state index < -0.39 is 5.60 Å². The van der Waals surface area contributed by atoms with Gasteiger partial charge >= 0.3 is 0 Å². The average molecular weight is 302 g/mol. The zero-order valence-electron chi connectivity index (χ0n) is 11.0. The maximum Gasteiger partial charge on any atom is 0.137 e. The number of aliphatic hydroxyl groups is 1. The molecule has 1 heterocycles. The first-order valence-corrected chi connectivity index (χ1v) is 6.38. The summed E-state index contributed by atoms with van der Waals surface area (Å²) in [7, 11) is 0. The van der Waals surface area contributed by atoms with Crippen molar-refractivity contribution in [3.8, 4) is 0 Å². The first-order chi connectivity index (χ1) is 7.58. The molecule has 1 aromatic heterocycles. The van der Waals surface area contributed by atoms with Gasteiger partial charge in [0.2, 0.25) is 0 Å². The minimum absolute atomic E-state index is 0.102. The van der Waals surface area contributed by atoms with Gasteiger partial charge in [-0.3, -0.25) is 0 Å². The van der Waals surface area contributed by atoms with Gasteiger partial charge in [-0.05, 0) is 29.8 Å². The number of nitrogens with zero attached hydrogens (tertiary/aromatic N) is 2. The van der Waals surface area contributed by atoms with E-state index in [2.05, 4.69) is 52.0 Å². The molecule has 1 aromatic rings. The van der Waals surface area contributed by atoms with Crippen LogP contribution < -0.4 is 5.32 Å². The minimum Gasteiger partial charge on any atom is -0.389 e. The van der Waals surface area contributed by atoms with Gasteiger partial charge in [0.05, 0.1) is 5.60 Å².